The van der Waals surface area contributed by atoms with Gasteiger partial charge in [0.25, 0.3) is 0 Å². The summed E-state index contributed by atoms with van der Waals surface area (Å²) in [5.41, 5.74) is 6.03. The van der Waals surface area contributed by atoms with Gasteiger partial charge in [-0.1, -0.05) is 0 Å². The number of hydrogen-bond acceptors (Lipinski definition) is 0. The summed E-state index contributed by atoms with van der Waals surface area (Å²) in [5.74, 6) is 0.995. The molecular formula is C9H18N3+. The zero-order chi connectivity index (χ0) is 8.55. The summed E-state index contributed by atoms with van der Waals surface area (Å²) in [6, 6.07) is 0.741. The summed E-state index contributed by atoms with van der Waals surface area (Å²) in [6.45, 7) is 2.31. The molecule has 0 atom stereocenters. The summed E-state index contributed by atoms with van der Waals surface area (Å²) < 4.78 is 2.30. The van der Waals surface area contributed by atoms with E-state index in [0.29, 0.717) is 0 Å². The minimum absolute atomic E-state index is 0.741. The highest BCUT2D eigenvalue weighted by molar-refractivity contribution is 5.73. The Bertz CT molecular complexity index is 198. The van der Waals surface area contributed by atoms with Crippen molar-refractivity contribution in [3.05, 3.63) is 0 Å². The van der Waals surface area contributed by atoms with E-state index in [4.69, 9.17) is 5.73 Å². The largest absolute Gasteiger partial charge is 0.345 e. The normalized spacial score (nSPS) is 22.9. The first-order chi connectivity index (χ1) is 5.79. The molecule has 1 saturated heterocycles. The average molecular weight is 168 g/mol. The first-order valence-electron chi connectivity index (χ1n) is 4.89. The lowest BCUT2D eigenvalue weighted by molar-refractivity contribution is -0.512. The van der Waals surface area contributed by atoms with Crippen LogP contribution >= 0.6 is 0 Å². The zero-order valence-corrected chi connectivity index (χ0v) is 7.79. The van der Waals surface area contributed by atoms with Crippen LogP contribution < -0.4 is 5.73 Å². The third-order valence-corrected chi connectivity index (χ3v) is 2.89. The first kappa shape index (κ1) is 7.90. The van der Waals surface area contributed by atoms with E-state index in [2.05, 4.69) is 16.5 Å². The summed E-state index contributed by atoms with van der Waals surface area (Å²) in [7, 11) is 2.12. The molecule has 0 amide bonds. The second-order valence-electron chi connectivity index (χ2n) is 3.89. The van der Waals surface area contributed by atoms with Crippen molar-refractivity contribution in [1.29, 1.82) is 0 Å². The van der Waals surface area contributed by atoms with E-state index in [1.807, 2.05) is 0 Å². The molecule has 2 rings (SSSR count). The van der Waals surface area contributed by atoms with E-state index in [1.54, 1.807) is 0 Å². The van der Waals surface area contributed by atoms with E-state index in [0.717, 1.165) is 25.1 Å². The lowest BCUT2D eigenvalue weighted by Crippen LogP contribution is -2.42. The average Bonchev–Trinajstić information content (AvgIpc) is 2.79. The van der Waals surface area contributed by atoms with Gasteiger partial charge in [0.15, 0.2) is 0 Å². The molecule has 3 nitrogen and oxygen atoms in total. The maximum Gasteiger partial charge on any atom is 0.345 e. The van der Waals surface area contributed by atoms with Crippen molar-refractivity contribution in [3.63, 3.8) is 0 Å². The molecule has 1 aliphatic carbocycles. The van der Waals surface area contributed by atoms with Crippen LogP contribution in [0.15, 0.2) is 0 Å². The Labute approximate surface area is 73.9 Å². The van der Waals surface area contributed by atoms with Crippen LogP contribution in [0.4, 0.5) is 0 Å². The monoisotopic (exact) mass is 168 g/mol. The molecule has 0 aromatic heterocycles. The van der Waals surface area contributed by atoms with Crippen molar-refractivity contribution in [3.8, 4) is 0 Å². The van der Waals surface area contributed by atoms with Crippen molar-refractivity contribution >= 4 is 5.96 Å². The van der Waals surface area contributed by atoms with Gasteiger partial charge < -0.3 is 0 Å². The fourth-order valence-electron chi connectivity index (χ4n) is 1.82. The molecule has 3 heteroatoms. The molecular weight excluding hydrogens is 150 g/mol. The van der Waals surface area contributed by atoms with Gasteiger partial charge in [0, 0.05) is 0 Å². The molecule has 2 aliphatic rings. The third-order valence-electron chi connectivity index (χ3n) is 2.89. The lowest BCUT2D eigenvalue weighted by Gasteiger charge is -2.13. The quantitative estimate of drug-likeness (QED) is 0.448. The van der Waals surface area contributed by atoms with E-state index < -0.39 is 0 Å². The van der Waals surface area contributed by atoms with E-state index >= 15 is 0 Å². The first-order valence-corrected chi connectivity index (χ1v) is 4.89. The van der Waals surface area contributed by atoms with Crippen LogP contribution in [-0.2, 0) is 0 Å². The summed E-state index contributed by atoms with van der Waals surface area (Å²) >= 11 is 0. The predicted octanol–water partition coefficient (Wildman–Crippen LogP) is 0.202. The van der Waals surface area contributed by atoms with E-state index in [-0.39, 0.29) is 0 Å². The molecule has 12 heavy (non-hydrogen) atoms. The maximum absolute atomic E-state index is 6.03. The van der Waals surface area contributed by atoms with E-state index in [9.17, 15) is 0 Å². The van der Waals surface area contributed by atoms with Gasteiger partial charge in [-0.05, 0) is 25.7 Å². The van der Waals surface area contributed by atoms with Crippen LogP contribution in [0.2, 0.25) is 0 Å². The SMILES string of the molecule is CN(C(N)=[N+]1CCCC1)C1CC1. The molecule has 0 unspecified atom stereocenters. The maximum atomic E-state index is 6.03. The Balaban J connectivity index is 2.04. The minimum atomic E-state index is 0.741. The molecule has 2 N–H and O–H groups in total. The van der Waals surface area contributed by atoms with Crippen molar-refractivity contribution < 1.29 is 4.58 Å². The number of guanidine groups is 1. The lowest BCUT2D eigenvalue weighted by atomic mass is 10.4. The third kappa shape index (κ3) is 1.40. The van der Waals surface area contributed by atoms with Gasteiger partial charge in [-0.25, -0.2) is 0 Å². The number of rotatable bonds is 1. The van der Waals surface area contributed by atoms with Gasteiger partial charge in [0.2, 0.25) is 0 Å². The van der Waals surface area contributed by atoms with Crippen molar-refractivity contribution in [1.82, 2.24) is 4.90 Å². The van der Waals surface area contributed by atoms with Crippen LogP contribution in [0.25, 0.3) is 0 Å². The highest BCUT2D eigenvalue weighted by Crippen LogP contribution is 2.25. The Kier molecular flexibility index (Phi) is 1.95. The molecule has 1 saturated carbocycles. The molecule has 0 radical (unpaired) electrons. The highest BCUT2D eigenvalue weighted by Gasteiger charge is 2.33. The molecule has 0 aromatic rings. The Morgan fingerprint density at radius 3 is 2.42 bits per heavy atom. The molecule has 0 bridgehead atoms. The summed E-state index contributed by atoms with van der Waals surface area (Å²) in [6.07, 6.45) is 5.26. The Morgan fingerprint density at radius 1 is 1.33 bits per heavy atom. The van der Waals surface area contributed by atoms with Crippen LogP contribution in [0.5, 0.6) is 0 Å². The smallest absolute Gasteiger partial charge is 0.291 e. The zero-order valence-electron chi connectivity index (χ0n) is 7.79. The van der Waals surface area contributed by atoms with Gasteiger partial charge in [-0.3, -0.25) is 15.2 Å². The van der Waals surface area contributed by atoms with Crippen LogP contribution in [0, 0.1) is 0 Å². The van der Waals surface area contributed by atoms with Gasteiger partial charge in [0.05, 0.1) is 26.2 Å². The van der Waals surface area contributed by atoms with E-state index in [1.165, 1.54) is 25.7 Å². The van der Waals surface area contributed by atoms with Gasteiger partial charge >= 0.3 is 5.96 Å². The van der Waals surface area contributed by atoms with Crippen LogP contribution in [-0.4, -0.2) is 41.6 Å². The minimum Gasteiger partial charge on any atom is -0.291 e. The van der Waals surface area contributed by atoms with Crippen molar-refractivity contribution in [2.24, 2.45) is 5.73 Å². The van der Waals surface area contributed by atoms with Crippen LogP contribution in [0.1, 0.15) is 25.7 Å². The Morgan fingerprint density at radius 2 is 1.92 bits per heavy atom. The van der Waals surface area contributed by atoms with Gasteiger partial charge in [-0.2, -0.15) is 0 Å². The second-order valence-corrected chi connectivity index (χ2v) is 3.89. The molecule has 2 fully saturated rings. The topological polar surface area (TPSA) is 32.3 Å². The molecule has 1 heterocycles. The fraction of sp³-hybridized carbons (Fsp3) is 0.889. The van der Waals surface area contributed by atoms with Gasteiger partial charge in [0.1, 0.15) is 0 Å². The van der Waals surface area contributed by atoms with Crippen molar-refractivity contribution in [2.45, 2.75) is 31.7 Å². The fourth-order valence-corrected chi connectivity index (χ4v) is 1.82. The molecule has 0 aromatic carbocycles. The molecule has 1 aliphatic heterocycles. The predicted molar refractivity (Wildman–Crippen MR) is 49.2 cm³/mol. The Hall–Kier alpha value is -0.730. The number of nitrogens with two attached hydrogens (primary N) is 1. The number of nitrogens with zero attached hydrogens (tertiary/aromatic N) is 2. The highest BCUT2D eigenvalue weighted by atomic mass is 15.3. The van der Waals surface area contributed by atoms with Crippen molar-refractivity contribution in [2.75, 3.05) is 20.1 Å². The molecule has 0 spiro atoms. The standard InChI is InChI=1S/C9H17N3/c1-11(8-4-5-8)9(10)12-6-2-3-7-12/h8,10H,2-7H2,1H3/p+1. The second kappa shape index (κ2) is 2.96. The van der Waals surface area contributed by atoms with Gasteiger partial charge in [-0.15, -0.1) is 0 Å². The summed E-state index contributed by atoms with van der Waals surface area (Å²) in [4.78, 5) is 2.24. The summed E-state index contributed by atoms with van der Waals surface area (Å²) in [5, 5.41) is 0. The molecule has 68 valence electrons. The van der Waals surface area contributed by atoms with Crippen LogP contribution in [0.3, 0.4) is 0 Å². The number of hydrogen-bond donors (Lipinski definition) is 1.